The van der Waals surface area contributed by atoms with Gasteiger partial charge in [0.25, 0.3) is 0 Å². The second kappa shape index (κ2) is 8.89. The average molecular weight is 340 g/mol. The van der Waals surface area contributed by atoms with Crippen molar-refractivity contribution in [2.45, 2.75) is 39.2 Å². The minimum absolute atomic E-state index is 0. The Hall–Kier alpha value is -1.59. The fourth-order valence-corrected chi connectivity index (χ4v) is 2.96. The molecule has 0 aromatic heterocycles. The van der Waals surface area contributed by atoms with Gasteiger partial charge in [0.1, 0.15) is 0 Å². The minimum Gasteiger partial charge on any atom is -0.370 e. The molecule has 2 atom stereocenters. The van der Waals surface area contributed by atoms with Gasteiger partial charge in [0.2, 0.25) is 11.8 Å². The summed E-state index contributed by atoms with van der Waals surface area (Å²) in [4.78, 5) is 25.8. The number of nitrogens with one attached hydrogen (secondary N) is 1. The molecule has 0 aliphatic carbocycles. The number of hydrogen-bond donors (Lipinski definition) is 2. The van der Waals surface area contributed by atoms with Crippen LogP contribution < -0.4 is 16.0 Å². The number of nitrogens with zero attached hydrogens (tertiary/aromatic N) is 1. The number of benzene rings is 1. The van der Waals surface area contributed by atoms with Gasteiger partial charge in [-0.05, 0) is 50.9 Å². The van der Waals surface area contributed by atoms with Crippen molar-refractivity contribution >= 4 is 29.9 Å². The third-order valence-electron chi connectivity index (χ3n) is 4.13. The Kier molecular flexibility index (Phi) is 7.52. The van der Waals surface area contributed by atoms with Crippen LogP contribution in [0.4, 0.5) is 5.69 Å². The largest absolute Gasteiger partial charge is 0.370 e. The van der Waals surface area contributed by atoms with Gasteiger partial charge in [-0.1, -0.05) is 12.1 Å². The molecule has 3 N–H and O–H groups in total. The van der Waals surface area contributed by atoms with E-state index in [-0.39, 0.29) is 36.6 Å². The van der Waals surface area contributed by atoms with E-state index in [1.54, 1.807) is 4.90 Å². The molecule has 1 aromatic carbocycles. The normalized spacial score (nSPS) is 20.4. The van der Waals surface area contributed by atoms with Gasteiger partial charge in [-0.2, -0.15) is 0 Å². The zero-order valence-electron chi connectivity index (χ0n) is 13.7. The number of primary amides is 1. The highest BCUT2D eigenvalue weighted by Crippen LogP contribution is 2.24. The topological polar surface area (TPSA) is 75.4 Å². The number of aryl methyl sites for hydroxylation is 1. The molecule has 23 heavy (non-hydrogen) atoms. The monoisotopic (exact) mass is 339 g/mol. The van der Waals surface area contributed by atoms with Gasteiger partial charge in [-0.25, -0.2) is 0 Å². The van der Waals surface area contributed by atoms with Crippen molar-refractivity contribution in [1.82, 2.24) is 5.32 Å². The quantitative estimate of drug-likeness (QED) is 0.861. The summed E-state index contributed by atoms with van der Waals surface area (Å²) in [5.41, 5.74) is 7.20. The molecule has 128 valence electrons. The number of carbonyl (C=O) groups is 2. The Morgan fingerprint density at radius 3 is 2.74 bits per heavy atom. The number of carbonyl (C=O) groups excluding carboxylic acids is 2. The van der Waals surface area contributed by atoms with E-state index in [1.165, 1.54) is 0 Å². The van der Waals surface area contributed by atoms with E-state index in [4.69, 9.17) is 5.73 Å². The van der Waals surface area contributed by atoms with Crippen molar-refractivity contribution in [3.63, 3.8) is 0 Å². The van der Waals surface area contributed by atoms with Crippen molar-refractivity contribution in [3.05, 3.63) is 29.8 Å². The predicted molar refractivity (Wildman–Crippen MR) is 94.8 cm³/mol. The number of halogens is 1. The van der Waals surface area contributed by atoms with Crippen LogP contribution in [0.15, 0.2) is 24.3 Å². The summed E-state index contributed by atoms with van der Waals surface area (Å²) in [7, 11) is 0. The molecule has 5 nitrogen and oxygen atoms in total. The summed E-state index contributed by atoms with van der Waals surface area (Å²) in [6, 6.07) is 8.16. The van der Waals surface area contributed by atoms with E-state index in [9.17, 15) is 9.59 Å². The summed E-state index contributed by atoms with van der Waals surface area (Å²) in [5.74, 6) is -0.283. The maximum atomic E-state index is 12.9. The SMILES string of the molecule is Cc1cccc(N(CCC(N)=O)C(=O)[C@H]2CCN[C@@H](C)C2)c1.Cl. The van der Waals surface area contributed by atoms with Gasteiger partial charge in [-0.3, -0.25) is 9.59 Å². The van der Waals surface area contributed by atoms with Gasteiger partial charge in [0.05, 0.1) is 0 Å². The molecule has 0 radical (unpaired) electrons. The lowest BCUT2D eigenvalue weighted by Gasteiger charge is -2.32. The third-order valence-corrected chi connectivity index (χ3v) is 4.13. The molecule has 0 bridgehead atoms. The van der Waals surface area contributed by atoms with Crippen molar-refractivity contribution < 1.29 is 9.59 Å². The summed E-state index contributed by atoms with van der Waals surface area (Å²) in [6.45, 7) is 5.29. The molecule has 1 aliphatic heterocycles. The maximum absolute atomic E-state index is 12.9. The molecule has 6 heteroatoms. The van der Waals surface area contributed by atoms with E-state index in [0.29, 0.717) is 12.6 Å². The lowest BCUT2D eigenvalue weighted by Crippen LogP contribution is -2.45. The molecule has 2 rings (SSSR count). The van der Waals surface area contributed by atoms with Crippen LogP contribution in [0.3, 0.4) is 0 Å². The Morgan fingerprint density at radius 1 is 1.39 bits per heavy atom. The summed E-state index contributed by atoms with van der Waals surface area (Å²) in [5, 5.41) is 3.36. The second-order valence-electron chi connectivity index (χ2n) is 6.12. The Balaban J connectivity index is 0.00000264. The van der Waals surface area contributed by atoms with Crippen LogP contribution in [0.25, 0.3) is 0 Å². The molecule has 1 heterocycles. The Morgan fingerprint density at radius 2 is 2.13 bits per heavy atom. The molecule has 1 fully saturated rings. The highest BCUT2D eigenvalue weighted by atomic mass is 35.5. The first-order valence-corrected chi connectivity index (χ1v) is 7.87. The standard InChI is InChI=1S/C17H25N3O2.ClH/c1-12-4-3-5-15(10-12)20(9-7-16(18)21)17(22)14-6-8-19-13(2)11-14;/h3-5,10,13-14,19H,6-9,11H2,1-2H3,(H2,18,21);1H/t13-,14-;/m0./s1. The van der Waals surface area contributed by atoms with Gasteiger partial charge in [0.15, 0.2) is 0 Å². The molecule has 0 saturated carbocycles. The number of piperidine rings is 1. The van der Waals surface area contributed by atoms with E-state index < -0.39 is 0 Å². The van der Waals surface area contributed by atoms with Gasteiger partial charge in [-0.15, -0.1) is 12.4 Å². The zero-order chi connectivity index (χ0) is 16.1. The molecule has 0 unspecified atom stereocenters. The van der Waals surface area contributed by atoms with E-state index in [0.717, 1.165) is 30.6 Å². The van der Waals surface area contributed by atoms with Gasteiger partial charge in [0, 0.05) is 30.6 Å². The molecular weight excluding hydrogens is 314 g/mol. The van der Waals surface area contributed by atoms with Crippen LogP contribution in [-0.4, -0.2) is 30.9 Å². The molecular formula is C17H26ClN3O2. The first kappa shape index (κ1) is 19.5. The lowest BCUT2D eigenvalue weighted by atomic mass is 9.91. The third kappa shape index (κ3) is 5.52. The molecule has 2 amide bonds. The molecule has 1 aliphatic rings. The zero-order valence-corrected chi connectivity index (χ0v) is 14.6. The fourth-order valence-electron chi connectivity index (χ4n) is 2.96. The molecule has 1 aromatic rings. The van der Waals surface area contributed by atoms with Crippen LogP contribution in [0.1, 0.15) is 31.7 Å². The van der Waals surface area contributed by atoms with E-state index >= 15 is 0 Å². The van der Waals surface area contributed by atoms with E-state index in [1.807, 2.05) is 31.2 Å². The number of hydrogen-bond acceptors (Lipinski definition) is 3. The second-order valence-corrected chi connectivity index (χ2v) is 6.12. The van der Waals surface area contributed by atoms with Crippen LogP contribution in [0.2, 0.25) is 0 Å². The smallest absolute Gasteiger partial charge is 0.230 e. The molecule has 0 spiro atoms. The fraction of sp³-hybridized carbons (Fsp3) is 0.529. The average Bonchev–Trinajstić information content (AvgIpc) is 2.47. The first-order chi connectivity index (χ1) is 10.5. The minimum atomic E-state index is -0.385. The summed E-state index contributed by atoms with van der Waals surface area (Å²) in [6.07, 6.45) is 1.85. The Bertz CT molecular complexity index is 550. The highest BCUT2D eigenvalue weighted by molar-refractivity contribution is 5.95. The summed E-state index contributed by atoms with van der Waals surface area (Å²) >= 11 is 0. The first-order valence-electron chi connectivity index (χ1n) is 7.87. The summed E-state index contributed by atoms with van der Waals surface area (Å²) < 4.78 is 0. The van der Waals surface area contributed by atoms with Gasteiger partial charge >= 0.3 is 0 Å². The van der Waals surface area contributed by atoms with Crippen molar-refractivity contribution in [2.75, 3.05) is 18.0 Å². The van der Waals surface area contributed by atoms with Crippen LogP contribution in [-0.2, 0) is 9.59 Å². The van der Waals surface area contributed by atoms with Crippen molar-refractivity contribution in [2.24, 2.45) is 11.7 Å². The lowest BCUT2D eigenvalue weighted by molar-refractivity contribution is -0.123. The van der Waals surface area contributed by atoms with Crippen molar-refractivity contribution in [1.29, 1.82) is 0 Å². The van der Waals surface area contributed by atoms with E-state index in [2.05, 4.69) is 12.2 Å². The number of nitrogens with two attached hydrogens (primary N) is 1. The van der Waals surface area contributed by atoms with Crippen LogP contribution >= 0.6 is 12.4 Å². The molecule has 1 saturated heterocycles. The number of rotatable bonds is 5. The van der Waals surface area contributed by atoms with Crippen LogP contribution in [0, 0.1) is 12.8 Å². The highest BCUT2D eigenvalue weighted by Gasteiger charge is 2.29. The van der Waals surface area contributed by atoms with Crippen molar-refractivity contribution in [3.8, 4) is 0 Å². The van der Waals surface area contributed by atoms with Crippen LogP contribution in [0.5, 0.6) is 0 Å². The van der Waals surface area contributed by atoms with Gasteiger partial charge < -0.3 is 16.0 Å². The number of amides is 2. The Labute approximate surface area is 144 Å². The predicted octanol–water partition coefficient (Wildman–Crippen LogP) is 2.01. The maximum Gasteiger partial charge on any atom is 0.230 e. The number of anilines is 1.